The third kappa shape index (κ3) is 2.18. The van der Waals surface area contributed by atoms with Crippen LogP contribution in [0.2, 0.25) is 0 Å². The minimum Gasteiger partial charge on any atom is -0.475 e. The highest BCUT2D eigenvalue weighted by atomic mass is 19.1. The lowest BCUT2D eigenvalue weighted by Crippen LogP contribution is -2.15. The van der Waals surface area contributed by atoms with E-state index in [-0.39, 0.29) is 5.69 Å². The highest BCUT2D eigenvalue weighted by molar-refractivity contribution is 6.40. The maximum Gasteiger partial charge on any atom is 0.378 e. The van der Waals surface area contributed by atoms with Gasteiger partial charge in [0.1, 0.15) is 11.5 Å². The number of rotatable bonds is 3. The third-order valence-corrected chi connectivity index (χ3v) is 3.24. The number of aromatic nitrogens is 1. The molecule has 0 fully saturated rings. The number of aliphatic carboxylic acids is 1. The molecule has 0 saturated heterocycles. The molecule has 4 nitrogen and oxygen atoms in total. The fourth-order valence-corrected chi connectivity index (χ4v) is 2.31. The standard InChI is InChI=1S/C16H10FNO3/c17-11-6-4-10(5-7-11)13-9-12-3-1-2-8-18(12)14(13)15(19)16(20)21/h1-9H,(H,20,21). The lowest BCUT2D eigenvalue weighted by Gasteiger charge is -2.03. The Hall–Kier alpha value is -2.95. The van der Waals surface area contributed by atoms with Crippen molar-refractivity contribution >= 4 is 17.3 Å². The number of nitrogens with zero attached hydrogens (tertiary/aromatic N) is 1. The van der Waals surface area contributed by atoms with Crippen molar-refractivity contribution in [3.63, 3.8) is 0 Å². The van der Waals surface area contributed by atoms with Crippen molar-refractivity contribution in [2.24, 2.45) is 0 Å². The van der Waals surface area contributed by atoms with Crippen molar-refractivity contribution < 1.29 is 19.1 Å². The number of hydrogen-bond donors (Lipinski definition) is 1. The summed E-state index contributed by atoms with van der Waals surface area (Å²) in [6.45, 7) is 0. The zero-order valence-electron chi connectivity index (χ0n) is 10.8. The molecule has 3 aromatic rings. The van der Waals surface area contributed by atoms with Crippen molar-refractivity contribution in [2.45, 2.75) is 0 Å². The molecule has 0 unspecified atom stereocenters. The van der Waals surface area contributed by atoms with Gasteiger partial charge in [-0.25, -0.2) is 9.18 Å². The quantitative estimate of drug-likeness (QED) is 0.593. The number of carbonyl (C=O) groups excluding carboxylic acids is 1. The molecule has 2 aromatic heterocycles. The van der Waals surface area contributed by atoms with Crippen LogP contribution >= 0.6 is 0 Å². The molecule has 3 rings (SSSR count). The van der Waals surface area contributed by atoms with E-state index >= 15 is 0 Å². The van der Waals surface area contributed by atoms with Crippen molar-refractivity contribution in [3.05, 3.63) is 66.2 Å². The largest absolute Gasteiger partial charge is 0.475 e. The Bertz CT molecular complexity index is 850. The van der Waals surface area contributed by atoms with E-state index in [1.165, 1.54) is 28.7 Å². The number of carboxylic acids is 1. The lowest BCUT2D eigenvalue weighted by molar-refractivity contribution is -0.131. The number of halogens is 1. The molecule has 0 atom stereocenters. The zero-order valence-corrected chi connectivity index (χ0v) is 10.8. The summed E-state index contributed by atoms with van der Waals surface area (Å²) in [6, 6.07) is 12.6. The molecular formula is C16H10FNO3. The van der Waals surface area contributed by atoms with Crippen LogP contribution in [0.25, 0.3) is 16.6 Å². The van der Waals surface area contributed by atoms with Crippen LogP contribution in [0, 0.1) is 5.82 Å². The molecule has 0 aliphatic rings. The van der Waals surface area contributed by atoms with Crippen LogP contribution in [0.4, 0.5) is 4.39 Å². The second-order valence-electron chi connectivity index (χ2n) is 4.54. The van der Waals surface area contributed by atoms with Crippen LogP contribution in [0.1, 0.15) is 10.5 Å². The molecule has 0 spiro atoms. The smallest absolute Gasteiger partial charge is 0.378 e. The number of Topliss-reactive ketones (excluding diaryl/α,β-unsaturated/α-hetero) is 1. The molecular weight excluding hydrogens is 273 g/mol. The average Bonchev–Trinajstić information content (AvgIpc) is 2.86. The molecule has 104 valence electrons. The van der Waals surface area contributed by atoms with Gasteiger partial charge in [-0.2, -0.15) is 0 Å². The van der Waals surface area contributed by atoms with E-state index in [0.717, 1.165) is 0 Å². The van der Waals surface area contributed by atoms with Gasteiger partial charge < -0.3 is 9.51 Å². The predicted molar refractivity (Wildman–Crippen MR) is 74.8 cm³/mol. The minimum atomic E-state index is -1.53. The monoisotopic (exact) mass is 283 g/mol. The summed E-state index contributed by atoms with van der Waals surface area (Å²) in [5.74, 6) is -2.92. The normalized spacial score (nSPS) is 10.7. The SMILES string of the molecule is O=C(O)C(=O)c1c(-c2ccc(F)cc2)cc2ccccn12. The molecule has 0 radical (unpaired) electrons. The van der Waals surface area contributed by atoms with Crippen LogP contribution in [-0.4, -0.2) is 21.3 Å². The maximum absolute atomic E-state index is 13.0. The third-order valence-electron chi connectivity index (χ3n) is 3.24. The first-order chi connectivity index (χ1) is 10.1. The van der Waals surface area contributed by atoms with Crippen LogP contribution in [-0.2, 0) is 4.79 Å². The Morgan fingerprint density at radius 1 is 1.05 bits per heavy atom. The van der Waals surface area contributed by atoms with Crippen LogP contribution in [0.3, 0.4) is 0 Å². The molecule has 0 bridgehead atoms. The first kappa shape index (κ1) is 13.1. The highest BCUT2D eigenvalue weighted by Crippen LogP contribution is 2.28. The molecule has 0 aliphatic carbocycles. The van der Waals surface area contributed by atoms with Gasteiger partial charge in [-0.3, -0.25) is 4.79 Å². The number of hydrogen-bond acceptors (Lipinski definition) is 2. The Morgan fingerprint density at radius 2 is 1.76 bits per heavy atom. The van der Waals surface area contributed by atoms with Crippen molar-refractivity contribution in [1.82, 2.24) is 4.40 Å². The molecule has 0 amide bonds. The van der Waals surface area contributed by atoms with Crippen molar-refractivity contribution in [2.75, 3.05) is 0 Å². The Labute approximate surface area is 119 Å². The molecule has 2 heterocycles. The van der Waals surface area contributed by atoms with Gasteiger partial charge in [0.15, 0.2) is 0 Å². The molecule has 0 aliphatic heterocycles. The van der Waals surface area contributed by atoms with Crippen LogP contribution in [0.5, 0.6) is 0 Å². The van der Waals surface area contributed by atoms with E-state index in [4.69, 9.17) is 5.11 Å². The van der Waals surface area contributed by atoms with Gasteiger partial charge in [0.25, 0.3) is 5.78 Å². The first-order valence-corrected chi connectivity index (χ1v) is 6.21. The van der Waals surface area contributed by atoms with E-state index in [1.807, 2.05) is 0 Å². The van der Waals surface area contributed by atoms with Gasteiger partial charge in [0.2, 0.25) is 0 Å². The van der Waals surface area contributed by atoms with E-state index in [1.54, 1.807) is 30.5 Å². The number of carboxylic acid groups (broad SMARTS) is 1. The van der Waals surface area contributed by atoms with Crippen molar-refractivity contribution in [3.8, 4) is 11.1 Å². The lowest BCUT2D eigenvalue weighted by atomic mass is 10.0. The minimum absolute atomic E-state index is 0.0599. The second kappa shape index (κ2) is 4.86. The van der Waals surface area contributed by atoms with E-state index in [0.29, 0.717) is 16.6 Å². The van der Waals surface area contributed by atoms with E-state index in [2.05, 4.69) is 0 Å². The fraction of sp³-hybridized carbons (Fsp3) is 0. The van der Waals surface area contributed by atoms with Crippen LogP contribution < -0.4 is 0 Å². The number of ketones is 1. The summed E-state index contributed by atoms with van der Waals surface area (Å²) < 4.78 is 14.6. The number of fused-ring (bicyclic) bond motifs is 1. The summed E-state index contributed by atoms with van der Waals surface area (Å²) >= 11 is 0. The van der Waals surface area contributed by atoms with E-state index in [9.17, 15) is 14.0 Å². The predicted octanol–water partition coefficient (Wildman–Crippen LogP) is 3.01. The number of benzene rings is 1. The van der Waals surface area contributed by atoms with Gasteiger partial charge in [0.05, 0.1) is 0 Å². The first-order valence-electron chi connectivity index (χ1n) is 6.21. The molecule has 21 heavy (non-hydrogen) atoms. The Kier molecular flexibility index (Phi) is 3.02. The number of pyridine rings is 1. The van der Waals surface area contributed by atoms with Crippen molar-refractivity contribution in [1.29, 1.82) is 0 Å². The zero-order chi connectivity index (χ0) is 15.0. The molecule has 1 aromatic carbocycles. The molecule has 1 N–H and O–H groups in total. The fourth-order valence-electron chi connectivity index (χ4n) is 2.31. The molecule has 0 saturated carbocycles. The summed E-state index contributed by atoms with van der Waals surface area (Å²) in [7, 11) is 0. The second-order valence-corrected chi connectivity index (χ2v) is 4.54. The molecule has 5 heteroatoms. The van der Waals surface area contributed by atoms with Gasteiger partial charge in [-0.05, 0) is 35.9 Å². The summed E-state index contributed by atoms with van der Waals surface area (Å²) in [4.78, 5) is 23.0. The summed E-state index contributed by atoms with van der Waals surface area (Å²) in [5, 5.41) is 9.01. The van der Waals surface area contributed by atoms with Gasteiger partial charge in [-0.1, -0.05) is 18.2 Å². The van der Waals surface area contributed by atoms with Gasteiger partial charge in [-0.15, -0.1) is 0 Å². The average molecular weight is 283 g/mol. The Balaban J connectivity index is 2.31. The van der Waals surface area contributed by atoms with Gasteiger partial charge in [0, 0.05) is 17.3 Å². The maximum atomic E-state index is 13.0. The Morgan fingerprint density at radius 3 is 2.43 bits per heavy atom. The highest BCUT2D eigenvalue weighted by Gasteiger charge is 2.23. The van der Waals surface area contributed by atoms with E-state index < -0.39 is 17.6 Å². The van der Waals surface area contributed by atoms with Gasteiger partial charge >= 0.3 is 5.97 Å². The number of carbonyl (C=O) groups is 2. The summed E-state index contributed by atoms with van der Waals surface area (Å²) in [6.07, 6.45) is 1.62. The van der Waals surface area contributed by atoms with Crippen LogP contribution in [0.15, 0.2) is 54.7 Å². The topological polar surface area (TPSA) is 58.8 Å². The summed E-state index contributed by atoms with van der Waals surface area (Å²) in [5.41, 5.74) is 1.81.